The van der Waals surface area contributed by atoms with Crippen LogP contribution in [0.2, 0.25) is 0 Å². The first kappa shape index (κ1) is 17.5. The van der Waals surface area contributed by atoms with Crippen LogP contribution in [0, 0.1) is 5.82 Å². The Bertz CT molecular complexity index is 896. The van der Waals surface area contributed by atoms with Gasteiger partial charge in [0, 0.05) is 36.6 Å². The van der Waals surface area contributed by atoms with Crippen molar-refractivity contribution in [3.05, 3.63) is 66.2 Å². The Hall–Kier alpha value is -3.35. The minimum Gasteiger partial charge on any atom is -0.497 e. The zero-order valence-corrected chi connectivity index (χ0v) is 14.5. The number of ether oxygens (including phenoxy) is 1. The van der Waals surface area contributed by atoms with Crippen LogP contribution >= 0.6 is 0 Å². The predicted octanol–water partition coefficient (Wildman–Crippen LogP) is 3.89. The van der Waals surface area contributed by atoms with Crippen LogP contribution in [-0.2, 0) is 6.54 Å². The van der Waals surface area contributed by atoms with Gasteiger partial charge in [-0.1, -0.05) is 12.1 Å². The fourth-order valence-corrected chi connectivity index (χ4v) is 2.56. The Morgan fingerprint density at radius 2 is 2.15 bits per heavy atom. The third kappa shape index (κ3) is 4.00. The van der Waals surface area contributed by atoms with Gasteiger partial charge in [0.1, 0.15) is 11.6 Å². The molecule has 0 unspecified atom stereocenters. The van der Waals surface area contributed by atoms with Crippen LogP contribution < -0.4 is 10.1 Å². The Morgan fingerprint density at radius 1 is 1.31 bits per heavy atom. The van der Waals surface area contributed by atoms with Gasteiger partial charge in [0.25, 0.3) is 0 Å². The lowest BCUT2D eigenvalue weighted by atomic mass is 10.1. The van der Waals surface area contributed by atoms with Crippen molar-refractivity contribution >= 4 is 11.7 Å². The minimum absolute atomic E-state index is 0.330. The molecule has 0 spiro atoms. The Balaban J connectivity index is 1.66. The summed E-state index contributed by atoms with van der Waals surface area (Å²) in [5.74, 6) is 0.299. The molecule has 2 N–H and O–H groups in total. The summed E-state index contributed by atoms with van der Waals surface area (Å²) < 4.78 is 19.5. The largest absolute Gasteiger partial charge is 0.497 e. The standard InChI is InChI=1S/C19H19FN4O2/c1-24(12-13-4-3-5-16(8-13)26-2)19(25)23-15-6-7-17(18(20)9-15)14-10-21-22-11-14/h3-11H,12H2,1-2H3,(H,21,22)(H,23,25). The van der Waals surface area contributed by atoms with E-state index in [1.807, 2.05) is 24.3 Å². The van der Waals surface area contributed by atoms with Gasteiger partial charge >= 0.3 is 6.03 Å². The molecule has 26 heavy (non-hydrogen) atoms. The van der Waals surface area contributed by atoms with Crippen molar-refractivity contribution in [3.8, 4) is 16.9 Å². The van der Waals surface area contributed by atoms with Crippen molar-refractivity contribution in [3.63, 3.8) is 0 Å². The van der Waals surface area contributed by atoms with Crippen molar-refractivity contribution in [2.24, 2.45) is 0 Å². The van der Waals surface area contributed by atoms with Gasteiger partial charge < -0.3 is 15.0 Å². The number of nitrogens with one attached hydrogen (secondary N) is 2. The second kappa shape index (κ2) is 7.69. The van der Waals surface area contributed by atoms with Crippen LogP contribution in [0.4, 0.5) is 14.9 Å². The van der Waals surface area contributed by atoms with Crippen molar-refractivity contribution in [2.75, 3.05) is 19.5 Å². The summed E-state index contributed by atoms with van der Waals surface area (Å²) in [5.41, 5.74) is 2.39. The zero-order chi connectivity index (χ0) is 18.5. The van der Waals surface area contributed by atoms with E-state index in [0.29, 0.717) is 23.4 Å². The highest BCUT2D eigenvalue weighted by Crippen LogP contribution is 2.24. The van der Waals surface area contributed by atoms with Gasteiger partial charge in [-0.15, -0.1) is 0 Å². The Kier molecular flexibility index (Phi) is 5.17. The van der Waals surface area contributed by atoms with Gasteiger partial charge in [-0.05, 0) is 35.9 Å². The summed E-state index contributed by atoms with van der Waals surface area (Å²) in [5, 5.41) is 9.15. The fourth-order valence-electron chi connectivity index (χ4n) is 2.56. The third-order valence-corrected chi connectivity index (χ3v) is 3.93. The number of methoxy groups -OCH3 is 1. The predicted molar refractivity (Wildman–Crippen MR) is 97.5 cm³/mol. The molecular weight excluding hydrogens is 335 g/mol. The van der Waals surface area contributed by atoms with E-state index >= 15 is 0 Å². The summed E-state index contributed by atoms with van der Waals surface area (Å²) in [6, 6.07) is 11.7. The number of aromatic nitrogens is 2. The van der Waals surface area contributed by atoms with Crippen molar-refractivity contribution < 1.29 is 13.9 Å². The molecule has 1 aromatic heterocycles. The molecule has 3 aromatic rings. The van der Waals surface area contributed by atoms with Crippen LogP contribution in [0.25, 0.3) is 11.1 Å². The number of H-pyrrole nitrogens is 1. The number of aromatic amines is 1. The maximum absolute atomic E-state index is 14.3. The number of urea groups is 1. The van der Waals surface area contributed by atoms with Gasteiger partial charge in [0.05, 0.1) is 13.3 Å². The van der Waals surface area contributed by atoms with Crippen LogP contribution in [0.15, 0.2) is 54.9 Å². The SMILES string of the molecule is COc1cccc(CN(C)C(=O)Nc2ccc(-c3cn[nH]c3)c(F)c2)c1. The van der Waals surface area contributed by atoms with Gasteiger partial charge in [-0.2, -0.15) is 5.10 Å². The van der Waals surface area contributed by atoms with Crippen molar-refractivity contribution in [1.29, 1.82) is 0 Å². The van der Waals surface area contributed by atoms with Crippen LogP contribution in [-0.4, -0.2) is 35.3 Å². The molecule has 0 aliphatic carbocycles. The molecule has 6 nitrogen and oxygen atoms in total. The average molecular weight is 354 g/mol. The highest BCUT2D eigenvalue weighted by Gasteiger charge is 2.12. The van der Waals surface area contributed by atoms with E-state index < -0.39 is 5.82 Å². The van der Waals surface area contributed by atoms with Crippen molar-refractivity contribution in [1.82, 2.24) is 15.1 Å². The second-order valence-electron chi connectivity index (χ2n) is 5.82. The number of benzene rings is 2. The van der Waals surface area contributed by atoms with Gasteiger partial charge in [0.15, 0.2) is 0 Å². The molecule has 0 radical (unpaired) electrons. The first-order valence-electron chi connectivity index (χ1n) is 8.00. The number of anilines is 1. The highest BCUT2D eigenvalue weighted by atomic mass is 19.1. The van der Waals surface area contributed by atoms with E-state index in [-0.39, 0.29) is 6.03 Å². The summed E-state index contributed by atoms with van der Waals surface area (Å²) in [6.45, 7) is 0.401. The first-order valence-corrected chi connectivity index (χ1v) is 8.00. The normalized spacial score (nSPS) is 10.4. The smallest absolute Gasteiger partial charge is 0.321 e. The maximum atomic E-state index is 14.3. The summed E-state index contributed by atoms with van der Waals surface area (Å²) in [6.07, 6.45) is 3.15. The summed E-state index contributed by atoms with van der Waals surface area (Å²) >= 11 is 0. The lowest BCUT2D eigenvalue weighted by Gasteiger charge is -2.18. The van der Waals surface area contributed by atoms with Gasteiger partial charge in [-0.3, -0.25) is 5.10 Å². The molecule has 0 aliphatic rings. The van der Waals surface area contributed by atoms with E-state index in [2.05, 4.69) is 15.5 Å². The molecule has 2 aromatic carbocycles. The van der Waals surface area contributed by atoms with E-state index in [0.717, 1.165) is 11.3 Å². The number of nitrogens with zero attached hydrogens (tertiary/aromatic N) is 2. The monoisotopic (exact) mass is 354 g/mol. The molecule has 0 bridgehead atoms. The molecule has 134 valence electrons. The summed E-state index contributed by atoms with van der Waals surface area (Å²) in [7, 11) is 3.27. The Morgan fingerprint density at radius 3 is 2.85 bits per heavy atom. The van der Waals surface area contributed by atoms with E-state index in [9.17, 15) is 9.18 Å². The number of carbonyl (C=O) groups is 1. The van der Waals surface area contributed by atoms with Crippen molar-refractivity contribution in [2.45, 2.75) is 6.54 Å². The number of halogens is 1. The topological polar surface area (TPSA) is 70.2 Å². The first-order chi connectivity index (χ1) is 12.6. The van der Waals surface area contributed by atoms with Gasteiger partial charge in [-0.25, -0.2) is 9.18 Å². The Labute approximate surface area is 150 Å². The maximum Gasteiger partial charge on any atom is 0.321 e. The number of hydrogen-bond acceptors (Lipinski definition) is 3. The average Bonchev–Trinajstić information content (AvgIpc) is 3.16. The highest BCUT2D eigenvalue weighted by molar-refractivity contribution is 5.89. The molecule has 3 rings (SSSR count). The molecular formula is C19H19FN4O2. The molecule has 2 amide bonds. The van der Waals surface area contributed by atoms with E-state index in [1.165, 1.54) is 11.0 Å². The molecule has 0 atom stereocenters. The molecule has 0 aliphatic heterocycles. The number of hydrogen-bond donors (Lipinski definition) is 2. The van der Waals surface area contributed by atoms with Crippen LogP contribution in [0.1, 0.15) is 5.56 Å². The number of amides is 2. The zero-order valence-electron chi connectivity index (χ0n) is 14.5. The molecule has 7 heteroatoms. The second-order valence-corrected chi connectivity index (χ2v) is 5.82. The molecule has 0 saturated heterocycles. The molecule has 1 heterocycles. The fraction of sp³-hybridized carbons (Fsp3) is 0.158. The van der Waals surface area contributed by atoms with E-state index in [1.54, 1.807) is 38.7 Å². The van der Waals surface area contributed by atoms with Gasteiger partial charge in [0.2, 0.25) is 0 Å². The van der Waals surface area contributed by atoms with Crippen LogP contribution in [0.3, 0.4) is 0 Å². The molecule has 0 saturated carbocycles. The van der Waals surface area contributed by atoms with Crippen LogP contribution in [0.5, 0.6) is 5.75 Å². The lowest BCUT2D eigenvalue weighted by Crippen LogP contribution is -2.30. The molecule has 0 fully saturated rings. The lowest BCUT2D eigenvalue weighted by molar-refractivity contribution is 0.220. The number of rotatable bonds is 5. The quantitative estimate of drug-likeness (QED) is 0.730. The summed E-state index contributed by atoms with van der Waals surface area (Å²) in [4.78, 5) is 13.9. The third-order valence-electron chi connectivity index (χ3n) is 3.93. The number of carbonyl (C=O) groups excluding carboxylic acids is 1. The minimum atomic E-state index is -0.431. The van der Waals surface area contributed by atoms with E-state index in [4.69, 9.17) is 4.74 Å².